The highest BCUT2D eigenvalue weighted by Gasteiger charge is 2.60. The average molecular weight is 560 g/mol. The number of esters is 1. The summed E-state index contributed by atoms with van der Waals surface area (Å²) in [5, 5.41) is 0. The van der Waals surface area contributed by atoms with Crippen LogP contribution in [0.2, 0.25) is 0 Å². The van der Waals surface area contributed by atoms with Gasteiger partial charge in [0.25, 0.3) is 0 Å². The second-order valence-electron chi connectivity index (χ2n) is 11.8. The zero-order chi connectivity index (χ0) is 29.2. The standard InChI is InChI=1S/C29H41N3O8/c1-7-38-27(36)31-12-10-30(11-13-31)24(33)15-20-17-29(26(35)37-6)19(2)40-23(28(3,4)5)16-22(29)32(25(20)34)18-21-9-8-14-39-21/h8-9,14,16,19-20,23H,7,10-13,15,17-18H2,1-6H3/t19-,20+,23-,29+/m1/s1. The number of carbonyl (C=O) groups excluding carboxylic acids is 4. The Bertz CT molecular complexity index is 1130. The Balaban J connectivity index is 1.64. The fourth-order valence-electron chi connectivity index (χ4n) is 5.86. The van der Waals surface area contributed by atoms with Gasteiger partial charge in [-0.2, -0.15) is 0 Å². The Morgan fingerprint density at radius 2 is 1.80 bits per heavy atom. The van der Waals surface area contributed by atoms with E-state index in [-0.39, 0.29) is 49.3 Å². The van der Waals surface area contributed by atoms with E-state index in [4.69, 9.17) is 18.6 Å². The predicted molar refractivity (Wildman–Crippen MR) is 143 cm³/mol. The SMILES string of the molecule is CCOC(=O)N1CCN(C(=O)C[C@H]2C[C@@]3(C(=O)OC)C(=C[C@H](C(C)(C)C)O[C@@H]3C)N(Cc3ccco3)C2=O)CC1. The number of hydrogen-bond acceptors (Lipinski definition) is 8. The summed E-state index contributed by atoms with van der Waals surface area (Å²) in [7, 11) is 1.33. The first-order valence-electron chi connectivity index (χ1n) is 13.9. The highest BCUT2D eigenvalue weighted by molar-refractivity contribution is 5.92. The van der Waals surface area contributed by atoms with Gasteiger partial charge in [-0.15, -0.1) is 0 Å². The molecule has 1 aromatic rings. The molecule has 2 saturated heterocycles. The molecule has 0 unspecified atom stereocenters. The Morgan fingerprint density at radius 3 is 2.38 bits per heavy atom. The van der Waals surface area contributed by atoms with Gasteiger partial charge in [0.05, 0.1) is 38.7 Å². The number of likely N-dealkylation sites (tertiary alicyclic amines) is 1. The summed E-state index contributed by atoms with van der Waals surface area (Å²) in [4.78, 5) is 58.0. The van der Waals surface area contributed by atoms with Crippen LogP contribution in [0.4, 0.5) is 4.79 Å². The lowest BCUT2D eigenvalue weighted by Crippen LogP contribution is -2.61. The maximum absolute atomic E-state index is 14.1. The van der Waals surface area contributed by atoms with Crippen molar-refractivity contribution in [3.8, 4) is 0 Å². The third kappa shape index (κ3) is 5.61. The number of piperazine rings is 1. The molecule has 1 aromatic heterocycles. The zero-order valence-electron chi connectivity index (χ0n) is 24.3. The number of ether oxygens (including phenoxy) is 3. The number of nitrogens with zero attached hydrogens (tertiary/aromatic N) is 3. The van der Waals surface area contributed by atoms with Crippen molar-refractivity contribution in [2.45, 2.75) is 66.2 Å². The van der Waals surface area contributed by atoms with Gasteiger partial charge in [0.2, 0.25) is 11.8 Å². The molecule has 0 aromatic carbocycles. The first-order chi connectivity index (χ1) is 18.9. The summed E-state index contributed by atoms with van der Waals surface area (Å²) >= 11 is 0. The Morgan fingerprint density at radius 1 is 1.12 bits per heavy atom. The maximum atomic E-state index is 14.1. The molecule has 0 bridgehead atoms. The molecule has 3 aliphatic rings. The molecule has 40 heavy (non-hydrogen) atoms. The molecule has 0 radical (unpaired) electrons. The molecule has 4 heterocycles. The third-order valence-corrected chi connectivity index (χ3v) is 8.16. The van der Waals surface area contributed by atoms with Gasteiger partial charge in [-0.05, 0) is 43.9 Å². The highest BCUT2D eigenvalue weighted by atomic mass is 16.6. The number of furan rings is 1. The lowest BCUT2D eigenvalue weighted by molar-refractivity contribution is -0.181. The van der Waals surface area contributed by atoms with E-state index in [1.807, 2.05) is 33.8 Å². The lowest BCUT2D eigenvalue weighted by atomic mass is 9.65. The first kappa shape index (κ1) is 29.6. The van der Waals surface area contributed by atoms with Crippen molar-refractivity contribution < 1.29 is 37.8 Å². The van der Waals surface area contributed by atoms with Crippen LogP contribution in [-0.4, -0.2) is 90.7 Å². The number of fused-ring (bicyclic) bond motifs is 1. The molecule has 0 spiro atoms. The maximum Gasteiger partial charge on any atom is 0.409 e. The van der Waals surface area contributed by atoms with Crippen LogP contribution in [0, 0.1) is 16.7 Å². The number of rotatable bonds is 6. The molecular formula is C29H41N3O8. The molecular weight excluding hydrogens is 518 g/mol. The Kier molecular flexibility index (Phi) is 8.63. The summed E-state index contributed by atoms with van der Waals surface area (Å²) in [6.07, 6.45) is 2.06. The zero-order valence-corrected chi connectivity index (χ0v) is 24.3. The smallest absolute Gasteiger partial charge is 0.409 e. The molecule has 2 fully saturated rings. The van der Waals surface area contributed by atoms with Crippen molar-refractivity contribution in [3.05, 3.63) is 35.9 Å². The molecule has 3 aliphatic heterocycles. The van der Waals surface area contributed by atoms with Crippen molar-refractivity contribution in [1.82, 2.24) is 14.7 Å². The number of carbonyl (C=O) groups is 4. The summed E-state index contributed by atoms with van der Waals surface area (Å²) in [5.74, 6) is -1.18. The van der Waals surface area contributed by atoms with E-state index in [0.717, 1.165) is 0 Å². The van der Waals surface area contributed by atoms with Crippen molar-refractivity contribution in [2.24, 2.45) is 16.7 Å². The van der Waals surface area contributed by atoms with E-state index in [2.05, 4.69) is 0 Å². The van der Waals surface area contributed by atoms with Gasteiger partial charge >= 0.3 is 12.1 Å². The normalized spacial score (nSPS) is 27.1. The minimum atomic E-state index is -1.27. The fraction of sp³-hybridized carbons (Fsp3) is 0.655. The van der Waals surface area contributed by atoms with Crippen LogP contribution in [0.3, 0.4) is 0 Å². The highest BCUT2D eigenvalue weighted by Crippen LogP contribution is 2.52. The molecule has 11 heteroatoms. The van der Waals surface area contributed by atoms with Gasteiger partial charge < -0.3 is 33.3 Å². The molecule has 3 amide bonds. The molecule has 0 N–H and O–H groups in total. The topological polar surface area (TPSA) is 119 Å². The van der Waals surface area contributed by atoms with Crippen LogP contribution in [0.15, 0.2) is 34.6 Å². The van der Waals surface area contributed by atoms with E-state index in [9.17, 15) is 19.2 Å². The van der Waals surface area contributed by atoms with Crippen molar-refractivity contribution >= 4 is 23.9 Å². The average Bonchev–Trinajstić information content (AvgIpc) is 3.43. The quantitative estimate of drug-likeness (QED) is 0.488. The van der Waals surface area contributed by atoms with E-state index in [1.54, 1.807) is 33.8 Å². The Hall–Kier alpha value is -3.34. The van der Waals surface area contributed by atoms with E-state index in [1.165, 1.54) is 13.4 Å². The van der Waals surface area contributed by atoms with Crippen LogP contribution in [0.25, 0.3) is 0 Å². The minimum absolute atomic E-state index is 0.0751. The fourth-order valence-corrected chi connectivity index (χ4v) is 5.86. The Labute approximate surface area is 235 Å². The third-order valence-electron chi connectivity index (χ3n) is 8.16. The number of piperidine rings is 1. The summed E-state index contributed by atoms with van der Waals surface area (Å²) in [5.41, 5.74) is -1.03. The second-order valence-corrected chi connectivity index (χ2v) is 11.8. The van der Waals surface area contributed by atoms with Gasteiger partial charge in [-0.3, -0.25) is 14.4 Å². The van der Waals surface area contributed by atoms with Gasteiger partial charge in [0, 0.05) is 44.2 Å². The molecule has 4 atom stereocenters. The molecule has 4 rings (SSSR count). The first-order valence-corrected chi connectivity index (χ1v) is 13.9. The monoisotopic (exact) mass is 559 g/mol. The number of methoxy groups -OCH3 is 1. The van der Waals surface area contributed by atoms with Gasteiger partial charge in [0.1, 0.15) is 11.2 Å². The van der Waals surface area contributed by atoms with Crippen molar-refractivity contribution in [3.63, 3.8) is 0 Å². The van der Waals surface area contributed by atoms with Gasteiger partial charge in [-0.25, -0.2) is 4.79 Å². The van der Waals surface area contributed by atoms with Gasteiger partial charge in [0.15, 0.2) is 0 Å². The number of hydrogen-bond donors (Lipinski definition) is 0. The molecule has 0 saturated carbocycles. The second kappa shape index (κ2) is 11.6. The largest absolute Gasteiger partial charge is 0.468 e. The van der Waals surface area contributed by atoms with E-state index >= 15 is 0 Å². The minimum Gasteiger partial charge on any atom is -0.468 e. The molecule has 220 valence electrons. The molecule has 0 aliphatic carbocycles. The van der Waals surface area contributed by atoms with E-state index < -0.39 is 29.5 Å². The summed E-state index contributed by atoms with van der Waals surface area (Å²) < 4.78 is 22.4. The van der Waals surface area contributed by atoms with Crippen molar-refractivity contribution in [1.29, 1.82) is 0 Å². The summed E-state index contributed by atoms with van der Waals surface area (Å²) in [6, 6.07) is 3.52. The summed E-state index contributed by atoms with van der Waals surface area (Å²) in [6.45, 7) is 11.5. The van der Waals surface area contributed by atoms with Crippen LogP contribution in [-0.2, 0) is 35.1 Å². The predicted octanol–water partition coefficient (Wildman–Crippen LogP) is 3.20. The van der Waals surface area contributed by atoms with E-state index in [0.29, 0.717) is 37.6 Å². The van der Waals surface area contributed by atoms with Crippen LogP contribution in [0.5, 0.6) is 0 Å². The lowest BCUT2D eigenvalue weighted by Gasteiger charge is -2.52. The molecule has 11 nitrogen and oxygen atoms in total. The van der Waals surface area contributed by atoms with Gasteiger partial charge in [-0.1, -0.05) is 20.8 Å². The van der Waals surface area contributed by atoms with Crippen LogP contribution < -0.4 is 0 Å². The van der Waals surface area contributed by atoms with Crippen LogP contribution in [0.1, 0.15) is 53.2 Å². The number of amides is 3. The van der Waals surface area contributed by atoms with Crippen LogP contribution >= 0.6 is 0 Å². The van der Waals surface area contributed by atoms with Crippen molar-refractivity contribution in [2.75, 3.05) is 39.9 Å².